The zero-order valence-corrected chi connectivity index (χ0v) is 11.3. The van der Waals surface area contributed by atoms with Gasteiger partial charge in [-0.15, -0.1) is 5.10 Å². The molecule has 1 N–H and O–H groups in total. The second kappa shape index (κ2) is 5.70. The number of nitrogens with zero attached hydrogens (tertiary/aromatic N) is 4. The Hall–Kier alpha value is -2.76. The number of fused-ring (bicyclic) bond motifs is 1. The van der Waals surface area contributed by atoms with Crippen molar-refractivity contribution in [2.45, 2.75) is 19.4 Å². The van der Waals surface area contributed by atoms with E-state index in [0.29, 0.717) is 18.7 Å². The van der Waals surface area contributed by atoms with Gasteiger partial charge in [-0.3, -0.25) is 9.78 Å². The molecule has 2 heterocycles. The summed E-state index contributed by atoms with van der Waals surface area (Å²) < 4.78 is 1.72. The van der Waals surface area contributed by atoms with Crippen LogP contribution in [0.1, 0.15) is 17.7 Å². The van der Waals surface area contributed by atoms with Crippen LogP contribution in [0.25, 0.3) is 10.9 Å². The Morgan fingerprint density at radius 2 is 2.10 bits per heavy atom. The molecule has 0 spiro atoms. The fraction of sp³-hybridized carbons (Fsp3) is 0.200. The molecule has 1 aromatic carbocycles. The highest BCUT2D eigenvalue weighted by atomic mass is 16.4. The molecular formula is C15H14N4O2. The Morgan fingerprint density at radius 3 is 2.95 bits per heavy atom. The number of pyridine rings is 1. The summed E-state index contributed by atoms with van der Waals surface area (Å²) in [4.78, 5) is 14.9. The van der Waals surface area contributed by atoms with Crippen LogP contribution in [0.4, 0.5) is 0 Å². The van der Waals surface area contributed by atoms with Crippen molar-refractivity contribution in [1.29, 1.82) is 0 Å². The van der Waals surface area contributed by atoms with E-state index in [4.69, 9.17) is 5.11 Å². The molecule has 0 atom stereocenters. The molecule has 0 bridgehead atoms. The standard InChI is InChI=1S/C15H14N4O2/c20-15(21)6-5-12-10-19(18-17-12)9-11-7-8-16-14-4-2-1-3-13(11)14/h1-4,7-8,10H,5-6,9H2,(H,20,21). The third kappa shape index (κ3) is 3.05. The lowest BCUT2D eigenvalue weighted by Gasteiger charge is -2.05. The van der Waals surface area contributed by atoms with E-state index >= 15 is 0 Å². The number of benzene rings is 1. The average molecular weight is 282 g/mol. The molecule has 0 amide bonds. The van der Waals surface area contributed by atoms with Crippen molar-refractivity contribution in [3.8, 4) is 0 Å². The quantitative estimate of drug-likeness (QED) is 0.773. The number of rotatable bonds is 5. The van der Waals surface area contributed by atoms with Crippen LogP contribution in [0.3, 0.4) is 0 Å². The van der Waals surface area contributed by atoms with Gasteiger partial charge in [-0.1, -0.05) is 23.4 Å². The van der Waals surface area contributed by atoms with Crippen molar-refractivity contribution >= 4 is 16.9 Å². The first kappa shape index (κ1) is 13.2. The van der Waals surface area contributed by atoms with Crippen LogP contribution in [0.15, 0.2) is 42.7 Å². The molecule has 0 aliphatic rings. The maximum atomic E-state index is 10.6. The monoisotopic (exact) mass is 282 g/mol. The molecule has 6 nitrogen and oxygen atoms in total. The summed E-state index contributed by atoms with van der Waals surface area (Å²) in [5.41, 5.74) is 2.74. The van der Waals surface area contributed by atoms with E-state index in [1.165, 1.54) is 0 Å². The van der Waals surface area contributed by atoms with E-state index in [9.17, 15) is 4.79 Å². The van der Waals surface area contributed by atoms with Crippen LogP contribution in [-0.2, 0) is 17.8 Å². The van der Waals surface area contributed by atoms with E-state index < -0.39 is 5.97 Å². The van der Waals surface area contributed by atoms with E-state index in [0.717, 1.165) is 16.5 Å². The number of carboxylic acid groups (broad SMARTS) is 1. The van der Waals surface area contributed by atoms with E-state index in [2.05, 4.69) is 15.3 Å². The summed E-state index contributed by atoms with van der Waals surface area (Å²) in [5.74, 6) is -0.829. The van der Waals surface area contributed by atoms with Crippen LogP contribution in [0.5, 0.6) is 0 Å². The van der Waals surface area contributed by atoms with Gasteiger partial charge in [-0.25, -0.2) is 4.68 Å². The first-order valence-electron chi connectivity index (χ1n) is 6.66. The Balaban J connectivity index is 1.81. The SMILES string of the molecule is O=C(O)CCc1cn(Cc2ccnc3ccccc23)nn1. The minimum absolute atomic E-state index is 0.0664. The zero-order chi connectivity index (χ0) is 14.7. The predicted molar refractivity (Wildman–Crippen MR) is 76.8 cm³/mol. The molecule has 3 aromatic rings. The summed E-state index contributed by atoms with van der Waals surface area (Å²) in [6, 6.07) is 9.89. The van der Waals surface area contributed by atoms with Crippen molar-refractivity contribution in [2.24, 2.45) is 0 Å². The Kier molecular flexibility index (Phi) is 3.59. The number of hydrogen-bond acceptors (Lipinski definition) is 4. The number of aromatic nitrogens is 4. The van der Waals surface area contributed by atoms with Crippen LogP contribution in [-0.4, -0.2) is 31.1 Å². The van der Waals surface area contributed by atoms with Gasteiger partial charge in [0.15, 0.2) is 0 Å². The summed E-state index contributed by atoms with van der Waals surface area (Å²) in [7, 11) is 0. The predicted octanol–water partition coefficient (Wildman–Crippen LogP) is 1.89. The summed E-state index contributed by atoms with van der Waals surface area (Å²) >= 11 is 0. The van der Waals surface area contributed by atoms with Crippen LogP contribution >= 0.6 is 0 Å². The third-order valence-electron chi connectivity index (χ3n) is 3.25. The lowest BCUT2D eigenvalue weighted by Crippen LogP contribution is -2.01. The summed E-state index contributed by atoms with van der Waals surface area (Å²) in [6.45, 7) is 0.586. The number of hydrogen-bond donors (Lipinski definition) is 1. The van der Waals surface area contributed by atoms with Crippen molar-refractivity contribution in [3.63, 3.8) is 0 Å². The van der Waals surface area contributed by atoms with Crippen LogP contribution in [0, 0.1) is 0 Å². The molecule has 0 aliphatic heterocycles. The molecule has 0 unspecified atom stereocenters. The van der Waals surface area contributed by atoms with E-state index in [1.54, 1.807) is 17.1 Å². The maximum absolute atomic E-state index is 10.6. The molecule has 0 aliphatic carbocycles. The Labute approximate surface area is 121 Å². The Morgan fingerprint density at radius 1 is 1.24 bits per heavy atom. The van der Waals surface area contributed by atoms with E-state index in [-0.39, 0.29) is 6.42 Å². The van der Waals surface area contributed by atoms with Gasteiger partial charge in [0.25, 0.3) is 0 Å². The molecule has 3 rings (SSSR count). The van der Waals surface area contributed by atoms with Gasteiger partial charge in [0, 0.05) is 24.2 Å². The number of carboxylic acids is 1. The van der Waals surface area contributed by atoms with Crippen molar-refractivity contribution in [1.82, 2.24) is 20.0 Å². The zero-order valence-electron chi connectivity index (χ0n) is 11.3. The first-order chi connectivity index (χ1) is 10.2. The highest BCUT2D eigenvalue weighted by Gasteiger charge is 2.06. The van der Waals surface area contributed by atoms with Crippen LogP contribution in [0.2, 0.25) is 0 Å². The van der Waals surface area contributed by atoms with Gasteiger partial charge in [0.2, 0.25) is 0 Å². The third-order valence-corrected chi connectivity index (χ3v) is 3.25. The number of carbonyl (C=O) groups is 1. The van der Waals surface area contributed by atoms with Crippen molar-refractivity contribution in [2.75, 3.05) is 0 Å². The molecule has 0 radical (unpaired) electrons. The van der Waals surface area contributed by atoms with E-state index in [1.807, 2.05) is 30.3 Å². The molecule has 0 fully saturated rings. The molecule has 0 saturated heterocycles. The van der Waals surface area contributed by atoms with Gasteiger partial charge in [-0.2, -0.15) is 0 Å². The molecular weight excluding hydrogens is 268 g/mol. The average Bonchev–Trinajstić information content (AvgIpc) is 2.93. The van der Waals surface area contributed by atoms with Gasteiger partial charge < -0.3 is 5.11 Å². The smallest absolute Gasteiger partial charge is 0.303 e. The lowest BCUT2D eigenvalue weighted by molar-refractivity contribution is -0.136. The Bertz CT molecular complexity index is 777. The lowest BCUT2D eigenvalue weighted by atomic mass is 10.1. The normalized spacial score (nSPS) is 10.9. The largest absolute Gasteiger partial charge is 0.481 e. The van der Waals surface area contributed by atoms with Crippen molar-refractivity contribution in [3.05, 3.63) is 54.0 Å². The minimum atomic E-state index is -0.829. The number of para-hydroxylation sites is 1. The second-order valence-electron chi connectivity index (χ2n) is 4.79. The maximum Gasteiger partial charge on any atom is 0.303 e. The molecule has 2 aromatic heterocycles. The molecule has 21 heavy (non-hydrogen) atoms. The van der Waals surface area contributed by atoms with Gasteiger partial charge in [0.05, 0.1) is 24.2 Å². The summed E-state index contributed by atoms with van der Waals surface area (Å²) in [5, 5.41) is 17.8. The molecule has 6 heteroatoms. The highest BCUT2D eigenvalue weighted by molar-refractivity contribution is 5.81. The number of aryl methyl sites for hydroxylation is 1. The first-order valence-corrected chi connectivity index (χ1v) is 6.66. The van der Waals surface area contributed by atoms with Gasteiger partial charge >= 0.3 is 5.97 Å². The van der Waals surface area contributed by atoms with Crippen molar-refractivity contribution < 1.29 is 9.90 Å². The highest BCUT2D eigenvalue weighted by Crippen LogP contribution is 2.17. The minimum Gasteiger partial charge on any atom is -0.481 e. The topological polar surface area (TPSA) is 80.9 Å². The summed E-state index contributed by atoms with van der Waals surface area (Å²) in [6.07, 6.45) is 4.03. The second-order valence-corrected chi connectivity index (χ2v) is 4.79. The fourth-order valence-corrected chi connectivity index (χ4v) is 2.23. The van der Waals surface area contributed by atoms with Gasteiger partial charge in [0.1, 0.15) is 0 Å². The molecule has 106 valence electrons. The van der Waals surface area contributed by atoms with Crippen LogP contribution < -0.4 is 0 Å². The number of aliphatic carboxylic acids is 1. The van der Waals surface area contributed by atoms with Gasteiger partial charge in [-0.05, 0) is 17.7 Å². The molecule has 0 saturated carbocycles. The fourth-order valence-electron chi connectivity index (χ4n) is 2.23.